The van der Waals surface area contributed by atoms with Crippen LogP contribution in [-0.2, 0) is 20.9 Å². The molecule has 2 unspecified atom stereocenters. The highest BCUT2D eigenvalue weighted by atomic mass is 32.1. The van der Waals surface area contributed by atoms with E-state index in [0.717, 1.165) is 54.4 Å². The highest BCUT2D eigenvalue weighted by Crippen LogP contribution is 2.28. The van der Waals surface area contributed by atoms with Gasteiger partial charge in [0.2, 0.25) is 11.8 Å². The number of nitrogens with zero attached hydrogens (tertiary/aromatic N) is 1. The molecule has 8 heteroatoms. The lowest BCUT2D eigenvalue weighted by molar-refractivity contribution is -0.142. The van der Waals surface area contributed by atoms with Gasteiger partial charge in [-0.2, -0.15) is 12.6 Å². The summed E-state index contributed by atoms with van der Waals surface area (Å²) < 4.78 is 5.41. The maximum absolute atomic E-state index is 14.1. The third-order valence-electron chi connectivity index (χ3n) is 6.56. The number of carbonyl (C=O) groups is 3. The van der Waals surface area contributed by atoms with Crippen LogP contribution in [0.4, 0.5) is 4.79 Å². The predicted octanol–water partition coefficient (Wildman–Crippen LogP) is 6.28. The molecule has 3 amide bonds. The molecule has 0 saturated carbocycles. The Labute approximate surface area is 245 Å². The van der Waals surface area contributed by atoms with Crippen LogP contribution >= 0.6 is 12.6 Å². The van der Waals surface area contributed by atoms with E-state index >= 15 is 0 Å². The molecule has 2 aromatic rings. The molecular weight excluding hydrogens is 522 g/mol. The summed E-state index contributed by atoms with van der Waals surface area (Å²) in [6.07, 6.45) is 4.26. The van der Waals surface area contributed by atoms with E-state index in [1.165, 1.54) is 0 Å². The molecule has 0 radical (unpaired) electrons. The summed E-state index contributed by atoms with van der Waals surface area (Å²) in [6, 6.07) is 13.8. The van der Waals surface area contributed by atoms with Crippen LogP contribution < -0.4 is 10.6 Å². The number of hydrogen-bond acceptors (Lipinski definition) is 5. The van der Waals surface area contributed by atoms with Crippen molar-refractivity contribution in [3.63, 3.8) is 0 Å². The fourth-order valence-corrected chi connectivity index (χ4v) is 4.72. The van der Waals surface area contributed by atoms with Crippen LogP contribution in [0.1, 0.15) is 88.1 Å². The molecule has 0 heterocycles. The van der Waals surface area contributed by atoms with E-state index in [0.29, 0.717) is 13.1 Å². The lowest BCUT2D eigenvalue weighted by atomic mass is 9.95. The number of ether oxygens (including phenoxy) is 1. The Morgan fingerprint density at radius 2 is 1.65 bits per heavy atom. The van der Waals surface area contributed by atoms with Gasteiger partial charge in [-0.05, 0) is 57.7 Å². The highest BCUT2D eigenvalue weighted by Gasteiger charge is 2.36. The molecule has 0 aliphatic heterocycles. The van der Waals surface area contributed by atoms with Gasteiger partial charge in [-0.1, -0.05) is 86.7 Å². The fourth-order valence-electron chi connectivity index (χ4n) is 4.47. The summed E-state index contributed by atoms with van der Waals surface area (Å²) >= 11 is 4.39. The van der Waals surface area contributed by atoms with Crippen molar-refractivity contribution < 1.29 is 19.1 Å². The van der Waals surface area contributed by atoms with E-state index in [4.69, 9.17) is 4.74 Å². The van der Waals surface area contributed by atoms with Gasteiger partial charge in [-0.3, -0.25) is 9.59 Å². The van der Waals surface area contributed by atoms with Gasteiger partial charge in [0.1, 0.15) is 17.7 Å². The van der Waals surface area contributed by atoms with Crippen molar-refractivity contribution in [3.8, 4) is 0 Å². The third kappa shape index (κ3) is 10.9. The maximum atomic E-state index is 14.1. The summed E-state index contributed by atoms with van der Waals surface area (Å²) in [5.74, 6) is -0.568. The Bertz CT molecular complexity index is 1100. The summed E-state index contributed by atoms with van der Waals surface area (Å²) in [7, 11) is 0. The van der Waals surface area contributed by atoms with Crippen LogP contribution in [-0.4, -0.2) is 46.7 Å². The van der Waals surface area contributed by atoms with E-state index in [1.807, 2.05) is 62.4 Å². The molecular formula is C32H47N3O4S. The van der Waals surface area contributed by atoms with Crippen molar-refractivity contribution in [1.82, 2.24) is 15.5 Å². The van der Waals surface area contributed by atoms with E-state index < -0.39 is 23.8 Å². The van der Waals surface area contributed by atoms with Gasteiger partial charge >= 0.3 is 6.09 Å². The molecule has 220 valence electrons. The van der Waals surface area contributed by atoms with Gasteiger partial charge in [0.05, 0.1) is 0 Å². The number of hydrogen-bond donors (Lipinski definition) is 3. The van der Waals surface area contributed by atoms with Crippen LogP contribution in [0.25, 0.3) is 0 Å². The first-order valence-corrected chi connectivity index (χ1v) is 14.9. The molecule has 0 saturated heterocycles. The number of carbonyl (C=O) groups excluding carboxylic acids is 3. The van der Waals surface area contributed by atoms with Gasteiger partial charge in [-0.15, -0.1) is 0 Å². The lowest BCUT2D eigenvalue weighted by Gasteiger charge is -2.35. The van der Waals surface area contributed by atoms with Crippen molar-refractivity contribution in [3.05, 3.63) is 70.8 Å². The number of nitrogens with one attached hydrogen (secondary N) is 2. The Balaban J connectivity index is 2.45. The van der Waals surface area contributed by atoms with E-state index in [9.17, 15) is 14.4 Å². The molecule has 0 aliphatic carbocycles. The minimum atomic E-state index is -0.955. The number of unbranched alkanes of at least 4 members (excludes halogenated alkanes) is 4. The number of benzene rings is 2. The molecule has 2 atom stereocenters. The average molecular weight is 570 g/mol. The molecule has 2 aromatic carbocycles. The van der Waals surface area contributed by atoms with Crippen LogP contribution in [0.2, 0.25) is 0 Å². The monoisotopic (exact) mass is 569 g/mol. The second kappa shape index (κ2) is 16.3. The minimum Gasteiger partial charge on any atom is -0.444 e. The Hall–Kier alpha value is -3.00. The highest BCUT2D eigenvalue weighted by molar-refractivity contribution is 7.80. The molecule has 0 spiro atoms. The minimum absolute atomic E-state index is 0.0650. The van der Waals surface area contributed by atoms with Gasteiger partial charge in [0.15, 0.2) is 0 Å². The largest absolute Gasteiger partial charge is 0.444 e. The maximum Gasteiger partial charge on any atom is 0.408 e. The van der Waals surface area contributed by atoms with E-state index in [2.05, 4.69) is 30.2 Å². The number of thiol groups is 1. The number of rotatable bonds is 14. The van der Waals surface area contributed by atoms with Crippen LogP contribution in [0.5, 0.6) is 0 Å². The van der Waals surface area contributed by atoms with Crippen LogP contribution in [0.3, 0.4) is 0 Å². The molecule has 2 rings (SSSR count). The fraction of sp³-hybridized carbons (Fsp3) is 0.531. The quantitative estimate of drug-likeness (QED) is 0.185. The van der Waals surface area contributed by atoms with E-state index in [-0.39, 0.29) is 17.6 Å². The predicted molar refractivity (Wildman–Crippen MR) is 164 cm³/mol. The second-order valence-corrected chi connectivity index (χ2v) is 11.7. The zero-order valence-corrected chi connectivity index (χ0v) is 25.9. The summed E-state index contributed by atoms with van der Waals surface area (Å²) in [4.78, 5) is 42.3. The second-order valence-electron chi connectivity index (χ2n) is 11.3. The van der Waals surface area contributed by atoms with Crippen molar-refractivity contribution in [2.24, 2.45) is 0 Å². The van der Waals surface area contributed by atoms with Crippen molar-refractivity contribution in [1.29, 1.82) is 0 Å². The van der Waals surface area contributed by atoms with Gasteiger partial charge in [0.25, 0.3) is 0 Å². The zero-order chi connectivity index (χ0) is 29.7. The van der Waals surface area contributed by atoms with Gasteiger partial charge in [-0.25, -0.2) is 4.79 Å². The summed E-state index contributed by atoms with van der Waals surface area (Å²) in [6.45, 7) is 12.1. The number of aryl methyl sites for hydroxylation is 2. The lowest BCUT2D eigenvalue weighted by Crippen LogP contribution is -2.54. The molecule has 0 fully saturated rings. The van der Waals surface area contributed by atoms with Gasteiger partial charge in [0, 0.05) is 18.8 Å². The Kier molecular flexibility index (Phi) is 13.5. The molecule has 40 heavy (non-hydrogen) atoms. The third-order valence-corrected chi connectivity index (χ3v) is 6.92. The summed E-state index contributed by atoms with van der Waals surface area (Å²) in [5.41, 5.74) is 2.92. The SMILES string of the molecule is CCCCCCCN(C(=O)C(CS)NC(=O)OC(C)(C)C)C(C(=O)NCc1ccccc1)c1cc(C)ccc1C. The van der Waals surface area contributed by atoms with Crippen molar-refractivity contribution in [2.75, 3.05) is 12.3 Å². The summed E-state index contributed by atoms with van der Waals surface area (Å²) in [5, 5.41) is 5.74. The van der Waals surface area contributed by atoms with Crippen LogP contribution in [0.15, 0.2) is 48.5 Å². The zero-order valence-electron chi connectivity index (χ0n) is 25.0. The Morgan fingerprint density at radius 1 is 0.975 bits per heavy atom. The normalized spacial score (nSPS) is 12.8. The first kappa shape index (κ1) is 33.2. The number of amides is 3. The number of alkyl carbamates (subject to hydrolysis) is 1. The van der Waals surface area contributed by atoms with Crippen molar-refractivity contribution in [2.45, 2.75) is 97.9 Å². The first-order valence-electron chi connectivity index (χ1n) is 14.3. The molecule has 0 aliphatic rings. The van der Waals surface area contributed by atoms with Crippen molar-refractivity contribution >= 4 is 30.5 Å². The average Bonchev–Trinajstić information content (AvgIpc) is 2.90. The molecule has 0 aromatic heterocycles. The Morgan fingerprint density at radius 3 is 2.27 bits per heavy atom. The molecule has 7 nitrogen and oxygen atoms in total. The first-order chi connectivity index (χ1) is 19.0. The standard InChI is InChI=1S/C32H47N3O4S/c1-7-8-9-10-14-19-35(30(37)27(22-40)34-31(38)39-32(4,5)6)28(26-20-23(2)17-18-24(26)3)29(36)33-21-25-15-12-11-13-16-25/h11-13,15-18,20,27-28,40H,7-10,14,19,21-22H2,1-6H3,(H,33,36)(H,34,38). The van der Waals surface area contributed by atoms with Crippen LogP contribution in [0, 0.1) is 13.8 Å². The topological polar surface area (TPSA) is 87.7 Å². The molecule has 0 bridgehead atoms. The van der Waals surface area contributed by atoms with Gasteiger partial charge < -0.3 is 20.3 Å². The molecule has 2 N–H and O–H groups in total. The van der Waals surface area contributed by atoms with E-state index in [1.54, 1.807) is 25.7 Å². The smallest absolute Gasteiger partial charge is 0.408 e.